The smallest absolute Gasteiger partial charge is 0.130 e. The highest BCUT2D eigenvalue weighted by atomic mass is 32.9. The first-order valence-electron chi connectivity index (χ1n) is 7.29. The number of benzene rings is 1. The Bertz CT molecular complexity index is 441. The maximum absolute atomic E-state index is 9.54. The molecule has 0 bridgehead atoms. The van der Waals surface area contributed by atoms with Gasteiger partial charge in [0.15, 0.2) is 0 Å². The van der Waals surface area contributed by atoms with Gasteiger partial charge in [0, 0.05) is 0 Å². The van der Waals surface area contributed by atoms with Gasteiger partial charge in [0.05, 0.1) is 17.9 Å². The lowest BCUT2D eigenvalue weighted by Crippen LogP contribution is -2.61. The van der Waals surface area contributed by atoms with Crippen LogP contribution >= 0.6 is 5.69 Å². The second kappa shape index (κ2) is 10.8. The van der Waals surface area contributed by atoms with Crippen LogP contribution in [0.5, 0.6) is 0 Å². The van der Waals surface area contributed by atoms with Crippen LogP contribution in [0.25, 0.3) is 0 Å². The summed E-state index contributed by atoms with van der Waals surface area (Å²) in [6.07, 6.45) is -0.328. The Morgan fingerprint density at radius 2 is 1.45 bits per heavy atom. The summed E-state index contributed by atoms with van der Waals surface area (Å²) in [5.74, 6) is 0. The largest absolute Gasteiger partial charge is 0.691 e. The van der Waals surface area contributed by atoms with E-state index in [4.69, 9.17) is 33.1 Å². The van der Waals surface area contributed by atoms with Gasteiger partial charge < -0.3 is 32.1 Å². The maximum atomic E-state index is 9.54. The van der Waals surface area contributed by atoms with E-state index in [9.17, 15) is 5.11 Å². The summed E-state index contributed by atoms with van der Waals surface area (Å²) in [5, 5.41) is 9.54. The average Bonchev–Trinajstić information content (AvgIpc) is 2.36. The molecule has 1 aromatic rings. The van der Waals surface area contributed by atoms with E-state index in [1.807, 2.05) is 65.0 Å². The van der Waals surface area contributed by atoms with Crippen LogP contribution < -0.4 is 5.73 Å². The first kappa shape index (κ1) is 22.1. The summed E-state index contributed by atoms with van der Waals surface area (Å²) in [6, 6.07) is 9.63. The molecular weight excluding hydrogens is 337 g/mol. The third kappa shape index (κ3) is 10.7. The zero-order valence-corrected chi connectivity index (χ0v) is 16.5. The highest BCUT2D eigenvalue weighted by molar-refractivity contribution is 8.51. The van der Waals surface area contributed by atoms with Crippen molar-refractivity contribution in [3.05, 3.63) is 35.9 Å². The molecule has 0 unspecified atom stereocenters. The number of hydrogen-bond acceptors (Lipinski definition) is 5. The van der Waals surface area contributed by atoms with Crippen molar-refractivity contribution in [3.63, 3.8) is 0 Å². The third-order valence-corrected chi connectivity index (χ3v) is 4.75. The standard InChI is InChI=1S/C9H13NO.C6H15O2PS2/c1-7(10)9(11)8-5-3-2-4-6-8;1-5(2)7-9(10,11)8-6(3)4/h2-7,9,11H,10H2,1H3;5-6H,1-4H3,(H,10,11)/t7-,9+;/m0./s1. The Balaban J connectivity index is 0.000000401. The predicted octanol–water partition coefficient (Wildman–Crippen LogP) is 2.96. The minimum atomic E-state index is -2.39. The first-order chi connectivity index (χ1) is 10.0. The fourth-order valence-corrected chi connectivity index (χ4v) is 4.67. The minimum Gasteiger partial charge on any atom is -0.691 e. The van der Waals surface area contributed by atoms with Gasteiger partial charge in [0.2, 0.25) is 0 Å². The van der Waals surface area contributed by atoms with Gasteiger partial charge in [-0.15, -0.1) is 0 Å². The molecule has 0 aliphatic carbocycles. The van der Waals surface area contributed by atoms with Gasteiger partial charge in [-0.1, -0.05) is 42.1 Å². The minimum absolute atomic E-state index is 0.0393. The molecule has 0 radical (unpaired) electrons. The number of quaternary nitrogens is 1. The molecule has 128 valence electrons. The van der Waals surface area contributed by atoms with E-state index in [1.165, 1.54) is 0 Å². The van der Waals surface area contributed by atoms with E-state index in [0.717, 1.165) is 5.56 Å². The van der Waals surface area contributed by atoms with Crippen LogP contribution in [0.15, 0.2) is 30.3 Å². The average molecular weight is 366 g/mol. The number of rotatable bonds is 6. The van der Waals surface area contributed by atoms with Crippen LogP contribution in [0, 0.1) is 0 Å². The molecule has 0 heterocycles. The predicted molar refractivity (Wildman–Crippen MR) is 97.8 cm³/mol. The highest BCUT2D eigenvalue weighted by Gasteiger charge is 2.13. The van der Waals surface area contributed by atoms with Gasteiger partial charge in [-0.3, -0.25) is 0 Å². The lowest BCUT2D eigenvalue weighted by molar-refractivity contribution is -0.433. The van der Waals surface area contributed by atoms with Gasteiger partial charge in [-0.25, -0.2) is 0 Å². The van der Waals surface area contributed by atoms with Crippen LogP contribution in [0.4, 0.5) is 0 Å². The zero-order valence-electron chi connectivity index (χ0n) is 13.9. The van der Waals surface area contributed by atoms with E-state index in [1.54, 1.807) is 0 Å². The molecule has 0 aromatic heterocycles. The molecule has 1 aromatic carbocycles. The van der Waals surface area contributed by atoms with Crippen molar-refractivity contribution in [1.82, 2.24) is 0 Å². The molecule has 0 fully saturated rings. The van der Waals surface area contributed by atoms with Crippen LogP contribution in [0.3, 0.4) is 0 Å². The molecule has 22 heavy (non-hydrogen) atoms. The van der Waals surface area contributed by atoms with E-state index in [0.29, 0.717) is 0 Å². The molecule has 0 aliphatic heterocycles. The van der Waals surface area contributed by atoms with Crippen LogP contribution in [0.2, 0.25) is 0 Å². The highest BCUT2D eigenvalue weighted by Crippen LogP contribution is 2.48. The number of aliphatic hydroxyl groups excluding tert-OH is 1. The number of aliphatic hydroxyl groups is 1. The second-order valence-electron chi connectivity index (χ2n) is 5.59. The lowest BCUT2D eigenvalue weighted by Gasteiger charge is -2.31. The van der Waals surface area contributed by atoms with Crippen molar-refractivity contribution in [2.45, 2.75) is 59.0 Å². The van der Waals surface area contributed by atoms with Crippen molar-refractivity contribution < 1.29 is 19.9 Å². The molecule has 0 saturated carbocycles. The molecule has 7 heteroatoms. The fourth-order valence-electron chi connectivity index (χ4n) is 1.52. The molecule has 4 N–H and O–H groups in total. The van der Waals surface area contributed by atoms with E-state index in [-0.39, 0.29) is 18.2 Å². The summed E-state index contributed by atoms with van der Waals surface area (Å²) in [6.45, 7) is 9.50. The van der Waals surface area contributed by atoms with Crippen molar-refractivity contribution in [3.8, 4) is 0 Å². The van der Waals surface area contributed by atoms with Crippen molar-refractivity contribution in [1.29, 1.82) is 0 Å². The molecule has 0 aliphatic rings. The van der Waals surface area contributed by atoms with Gasteiger partial charge in [0.1, 0.15) is 12.1 Å². The Morgan fingerprint density at radius 1 is 1.05 bits per heavy atom. The van der Waals surface area contributed by atoms with Crippen LogP contribution in [0.1, 0.15) is 46.3 Å². The SMILES string of the molecule is CC(C)OP(=S)([S-])OC(C)C.C[C@H]([NH3+])[C@@H](O)c1ccccc1. The molecule has 0 saturated heterocycles. The normalized spacial score (nSPS) is 14.5. The second-order valence-corrected chi connectivity index (χ2v) is 10.5. The molecule has 0 spiro atoms. The summed E-state index contributed by atoms with van der Waals surface area (Å²) < 4.78 is 10.5. The molecule has 0 amide bonds. The monoisotopic (exact) mass is 365 g/mol. The van der Waals surface area contributed by atoms with Gasteiger partial charge >= 0.3 is 0 Å². The quantitative estimate of drug-likeness (QED) is 0.599. The number of hydrogen-bond donors (Lipinski definition) is 2. The molecule has 4 nitrogen and oxygen atoms in total. The van der Waals surface area contributed by atoms with Crippen LogP contribution in [-0.4, -0.2) is 23.4 Å². The van der Waals surface area contributed by atoms with Crippen molar-refractivity contribution in [2.75, 3.05) is 0 Å². The van der Waals surface area contributed by atoms with Crippen LogP contribution in [-0.2, 0) is 33.1 Å². The Morgan fingerprint density at radius 3 is 1.77 bits per heavy atom. The van der Waals surface area contributed by atoms with E-state index in [2.05, 4.69) is 5.73 Å². The maximum Gasteiger partial charge on any atom is 0.130 e. The fraction of sp³-hybridized carbons (Fsp3) is 0.600. The first-order valence-corrected chi connectivity index (χ1v) is 10.9. The van der Waals surface area contributed by atoms with Gasteiger partial charge in [0.25, 0.3) is 0 Å². The van der Waals surface area contributed by atoms with Gasteiger partial charge in [-0.2, -0.15) is 0 Å². The van der Waals surface area contributed by atoms with Crippen molar-refractivity contribution in [2.24, 2.45) is 0 Å². The Hall–Kier alpha value is 0.0600. The zero-order chi connectivity index (χ0) is 17.3. The third-order valence-electron chi connectivity index (χ3n) is 2.36. The molecule has 2 atom stereocenters. The van der Waals surface area contributed by atoms with Crippen molar-refractivity contribution >= 4 is 29.7 Å². The Kier molecular flexibility index (Phi) is 10.8. The van der Waals surface area contributed by atoms with E-state index < -0.39 is 11.8 Å². The summed E-state index contributed by atoms with van der Waals surface area (Å²) in [7, 11) is 0. The summed E-state index contributed by atoms with van der Waals surface area (Å²) in [5.41, 5.74) is 2.32. The lowest BCUT2D eigenvalue weighted by atomic mass is 10.0. The summed E-state index contributed by atoms with van der Waals surface area (Å²) in [4.78, 5) is 0. The Labute approximate surface area is 144 Å². The summed E-state index contributed by atoms with van der Waals surface area (Å²) >= 11 is 9.95. The topological polar surface area (TPSA) is 66.3 Å². The van der Waals surface area contributed by atoms with Gasteiger partial charge in [-0.05, 0) is 40.2 Å². The molecule has 1 rings (SSSR count). The molecular formula is C15H28NO3PS2. The van der Waals surface area contributed by atoms with E-state index >= 15 is 0 Å².